The van der Waals surface area contributed by atoms with E-state index < -0.39 is 0 Å². The standard InChI is InChI=1S/C24H26N2/c1-17(2)20-14-15-23-24(16-20)26(22-13-9-8-10-18(22)3)19(4)25(23)21-11-6-5-7-12-21/h5-17,19H,1-4H3/t19-/m0/s1. The van der Waals surface area contributed by atoms with Gasteiger partial charge in [-0.2, -0.15) is 0 Å². The summed E-state index contributed by atoms with van der Waals surface area (Å²) in [6.45, 7) is 8.99. The predicted molar refractivity (Wildman–Crippen MR) is 112 cm³/mol. The van der Waals surface area contributed by atoms with E-state index in [0.717, 1.165) is 0 Å². The van der Waals surface area contributed by atoms with E-state index in [4.69, 9.17) is 0 Å². The summed E-state index contributed by atoms with van der Waals surface area (Å²) in [5.41, 5.74) is 7.76. The second-order valence-electron chi connectivity index (χ2n) is 7.40. The number of hydrogen-bond acceptors (Lipinski definition) is 2. The average molecular weight is 342 g/mol. The smallest absolute Gasteiger partial charge is 0.108 e. The molecule has 1 heterocycles. The van der Waals surface area contributed by atoms with Gasteiger partial charge in [-0.05, 0) is 61.2 Å². The maximum atomic E-state index is 2.48. The Hall–Kier alpha value is -2.74. The number of aryl methyl sites for hydroxylation is 1. The third-order valence-corrected chi connectivity index (χ3v) is 5.34. The quantitative estimate of drug-likeness (QED) is 0.519. The van der Waals surface area contributed by atoms with Crippen molar-refractivity contribution in [3.63, 3.8) is 0 Å². The van der Waals surface area contributed by atoms with Crippen molar-refractivity contribution in [1.29, 1.82) is 0 Å². The second kappa shape index (κ2) is 6.53. The number of fused-ring (bicyclic) bond motifs is 1. The summed E-state index contributed by atoms with van der Waals surface area (Å²) in [5, 5.41) is 0. The molecular weight excluding hydrogens is 316 g/mol. The molecule has 0 N–H and O–H groups in total. The van der Waals surface area contributed by atoms with E-state index in [0.29, 0.717) is 5.92 Å². The molecule has 0 saturated carbocycles. The zero-order valence-electron chi connectivity index (χ0n) is 16.0. The monoisotopic (exact) mass is 342 g/mol. The first-order chi connectivity index (χ1) is 12.6. The summed E-state index contributed by atoms with van der Waals surface area (Å²) < 4.78 is 0. The van der Waals surface area contributed by atoms with Gasteiger partial charge in [0.1, 0.15) is 6.17 Å². The van der Waals surface area contributed by atoms with Gasteiger partial charge < -0.3 is 9.80 Å². The number of rotatable bonds is 3. The molecule has 26 heavy (non-hydrogen) atoms. The minimum atomic E-state index is 0.218. The topological polar surface area (TPSA) is 6.48 Å². The van der Waals surface area contributed by atoms with E-state index in [9.17, 15) is 0 Å². The summed E-state index contributed by atoms with van der Waals surface area (Å²) in [6.07, 6.45) is 0.218. The van der Waals surface area contributed by atoms with E-state index in [1.54, 1.807) is 0 Å². The Balaban J connectivity index is 1.92. The SMILES string of the molecule is Cc1ccccc1N1c2cc(C(C)C)ccc2N(c2ccccc2)[C@@H]1C. The number of nitrogens with zero attached hydrogens (tertiary/aromatic N) is 2. The minimum Gasteiger partial charge on any atom is -0.319 e. The third kappa shape index (κ3) is 2.66. The molecule has 1 aliphatic rings. The van der Waals surface area contributed by atoms with Crippen LogP contribution in [0.25, 0.3) is 0 Å². The molecular formula is C24H26N2. The Kier molecular flexibility index (Phi) is 4.20. The second-order valence-corrected chi connectivity index (χ2v) is 7.40. The normalized spacial score (nSPS) is 16.3. The lowest BCUT2D eigenvalue weighted by Gasteiger charge is -2.31. The van der Waals surface area contributed by atoms with Gasteiger partial charge in [-0.1, -0.05) is 56.3 Å². The zero-order valence-corrected chi connectivity index (χ0v) is 16.0. The van der Waals surface area contributed by atoms with E-state index in [2.05, 4.69) is 110 Å². The predicted octanol–water partition coefficient (Wildman–Crippen LogP) is 6.75. The van der Waals surface area contributed by atoms with E-state index in [1.807, 2.05) is 0 Å². The van der Waals surface area contributed by atoms with E-state index >= 15 is 0 Å². The largest absolute Gasteiger partial charge is 0.319 e. The van der Waals surface area contributed by atoms with Crippen LogP contribution in [-0.4, -0.2) is 6.17 Å². The molecule has 0 aromatic heterocycles. The molecule has 0 fully saturated rings. The van der Waals surface area contributed by atoms with Crippen LogP contribution < -0.4 is 9.80 Å². The Morgan fingerprint density at radius 2 is 1.42 bits per heavy atom. The lowest BCUT2D eigenvalue weighted by molar-refractivity contribution is 0.759. The Labute approximate surface area is 156 Å². The van der Waals surface area contributed by atoms with Crippen molar-refractivity contribution in [1.82, 2.24) is 0 Å². The van der Waals surface area contributed by atoms with Crippen LogP contribution in [0.4, 0.5) is 22.7 Å². The van der Waals surface area contributed by atoms with Crippen molar-refractivity contribution in [3.8, 4) is 0 Å². The molecule has 1 atom stereocenters. The minimum absolute atomic E-state index is 0.218. The third-order valence-electron chi connectivity index (χ3n) is 5.34. The van der Waals surface area contributed by atoms with Gasteiger partial charge in [0.2, 0.25) is 0 Å². The van der Waals surface area contributed by atoms with Crippen LogP contribution in [0.3, 0.4) is 0 Å². The fraction of sp³-hybridized carbons (Fsp3) is 0.250. The molecule has 3 aromatic carbocycles. The van der Waals surface area contributed by atoms with Crippen LogP contribution in [0.1, 0.15) is 37.8 Å². The molecule has 3 aromatic rings. The maximum absolute atomic E-state index is 2.48. The van der Waals surface area contributed by atoms with Gasteiger partial charge >= 0.3 is 0 Å². The summed E-state index contributed by atoms with van der Waals surface area (Å²) in [4.78, 5) is 4.91. The highest BCUT2D eigenvalue weighted by Crippen LogP contribution is 2.48. The van der Waals surface area contributed by atoms with Crippen molar-refractivity contribution >= 4 is 22.7 Å². The van der Waals surface area contributed by atoms with Crippen LogP contribution in [0.2, 0.25) is 0 Å². The van der Waals surface area contributed by atoms with E-state index in [-0.39, 0.29) is 6.17 Å². The lowest BCUT2D eigenvalue weighted by atomic mass is 10.0. The Bertz CT molecular complexity index is 915. The number of benzene rings is 3. The maximum Gasteiger partial charge on any atom is 0.108 e. The van der Waals surface area contributed by atoms with Crippen LogP contribution in [0.5, 0.6) is 0 Å². The Morgan fingerprint density at radius 1 is 0.731 bits per heavy atom. The van der Waals surface area contributed by atoms with Gasteiger partial charge in [-0.15, -0.1) is 0 Å². The average Bonchev–Trinajstić information content (AvgIpc) is 2.94. The molecule has 0 radical (unpaired) electrons. The van der Waals surface area contributed by atoms with Gasteiger partial charge in [0.05, 0.1) is 11.4 Å². The first-order valence-corrected chi connectivity index (χ1v) is 9.41. The van der Waals surface area contributed by atoms with Crippen LogP contribution in [0, 0.1) is 6.92 Å². The van der Waals surface area contributed by atoms with Crippen molar-refractivity contribution in [2.45, 2.75) is 39.8 Å². The van der Waals surface area contributed by atoms with Crippen molar-refractivity contribution in [2.75, 3.05) is 9.80 Å². The van der Waals surface area contributed by atoms with Gasteiger partial charge in [0, 0.05) is 11.4 Å². The molecule has 0 aliphatic carbocycles. The summed E-state index contributed by atoms with van der Waals surface area (Å²) in [7, 11) is 0. The molecule has 0 spiro atoms. The van der Waals surface area contributed by atoms with Crippen LogP contribution in [0.15, 0.2) is 72.8 Å². The van der Waals surface area contributed by atoms with E-state index in [1.165, 1.54) is 33.9 Å². The summed E-state index contributed by atoms with van der Waals surface area (Å²) >= 11 is 0. The molecule has 2 heteroatoms. The fourth-order valence-corrected chi connectivity index (χ4v) is 3.92. The molecule has 0 saturated heterocycles. The number of para-hydroxylation sites is 2. The van der Waals surface area contributed by atoms with Gasteiger partial charge in [0.25, 0.3) is 0 Å². The van der Waals surface area contributed by atoms with Crippen LogP contribution in [-0.2, 0) is 0 Å². The van der Waals surface area contributed by atoms with Crippen molar-refractivity contribution in [3.05, 3.63) is 83.9 Å². The number of hydrogen-bond donors (Lipinski definition) is 0. The highest BCUT2D eigenvalue weighted by atomic mass is 15.4. The van der Waals surface area contributed by atoms with Crippen molar-refractivity contribution < 1.29 is 0 Å². The first kappa shape index (κ1) is 16.7. The molecule has 0 unspecified atom stereocenters. The van der Waals surface area contributed by atoms with Gasteiger partial charge in [0.15, 0.2) is 0 Å². The molecule has 132 valence electrons. The number of anilines is 4. The zero-order chi connectivity index (χ0) is 18.3. The molecule has 1 aliphatic heterocycles. The highest BCUT2D eigenvalue weighted by molar-refractivity contribution is 5.89. The molecule has 4 rings (SSSR count). The molecule has 2 nitrogen and oxygen atoms in total. The fourth-order valence-electron chi connectivity index (χ4n) is 3.92. The van der Waals surface area contributed by atoms with Crippen molar-refractivity contribution in [2.24, 2.45) is 0 Å². The lowest BCUT2D eigenvalue weighted by Crippen LogP contribution is -2.35. The van der Waals surface area contributed by atoms with Gasteiger partial charge in [-0.25, -0.2) is 0 Å². The van der Waals surface area contributed by atoms with Gasteiger partial charge in [-0.3, -0.25) is 0 Å². The van der Waals surface area contributed by atoms with Crippen LogP contribution >= 0.6 is 0 Å². The Morgan fingerprint density at radius 3 is 2.12 bits per heavy atom. The first-order valence-electron chi connectivity index (χ1n) is 9.41. The molecule has 0 bridgehead atoms. The highest BCUT2D eigenvalue weighted by Gasteiger charge is 2.35. The molecule has 0 amide bonds. The summed E-state index contributed by atoms with van der Waals surface area (Å²) in [5.74, 6) is 0.514. The summed E-state index contributed by atoms with van der Waals surface area (Å²) in [6, 6.07) is 26.3.